The van der Waals surface area contributed by atoms with Crippen LogP contribution in [0.4, 0.5) is 0 Å². The van der Waals surface area contributed by atoms with Crippen LogP contribution in [0.3, 0.4) is 0 Å². The van der Waals surface area contributed by atoms with E-state index in [2.05, 4.69) is 10.7 Å². The molecule has 0 fully saturated rings. The molecule has 0 bridgehead atoms. The number of aliphatic hydroxyl groups excluding tert-OH is 1. The van der Waals surface area contributed by atoms with Gasteiger partial charge in [0.15, 0.2) is 0 Å². The zero-order chi connectivity index (χ0) is 11.2. The SMILES string of the molecule is C#CCCC[C@H](O)C(C)(C)C(=O)OC. The molecular weight excluding hydrogens is 180 g/mol. The number of rotatable bonds is 5. The molecule has 14 heavy (non-hydrogen) atoms. The fraction of sp³-hybridized carbons (Fsp3) is 0.727. The molecule has 0 rings (SSSR count). The Morgan fingerprint density at radius 1 is 1.64 bits per heavy atom. The summed E-state index contributed by atoms with van der Waals surface area (Å²) in [5.41, 5.74) is -0.858. The molecule has 0 radical (unpaired) electrons. The summed E-state index contributed by atoms with van der Waals surface area (Å²) in [4.78, 5) is 11.3. The van der Waals surface area contributed by atoms with E-state index in [0.29, 0.717) is 12.8 Å². The number of aliphatic hydroxyl groups is 1. The second kappa shape index (κ2) is 5.66. The van der Waals surface area contributed by atoms with E-state index >= 15 is 0 Å². The highest BCUT2D eigenvalue weighted by Gasteiger charge is 2.36. The third-order valence-corrected chi connectivity index (χ3v) is 2.34. The lowest BCUT2D eigenvalue weighted by molar-refractivity contribution is -0.157. The third kappa shape index (κ3) is 3.39. The quantitative estimate of drug-likeness (QED) is 0.412. The minimum absolute atomic E-state index is 0.397. The summed E-state index contributed by atoms with van der Waals surface area (Å²) >= 11 is 0. The molecule has 0 amide bonds. The van der Waals surface area contributed by atoms with E-state index in [-0.39, 0.29) is 0 Å². The lowest BCUT2D eigenvalue weighted by Crippen LogP contribution is -2.38. The first-order valence-corrected chi connectivity index (χ1v) is 4.66. The van der Waals surface area contributed by atoms with Crippen LogP contribution in [-0.4, -0.2) is 24.3 Å². The van der Waals surface area contributed by atoms with Gasteiger partial charge in [0.25, 0.3) is 0 Å². The number of carbonyl (C=O) groups excluding carboxylic acids is 1. The second-order valence-electron chi connectivity index (χ2n) is 3.83. The first-order chi connectivity index (χ1) is 6.46. The first-order valence-electron chi connectivity index (χ1n) is 4.66. The number of hydrogen-bond acceptors (Lipinski definition) is 3. The summed E-state index contributed by atoms with van der Waals surface area (Å²) in [6.07, 6.45) is 6.24. The number of unbranched alkanes of at least 4 members (excludes halogenated alkanes) is 1. The first kappa shape index (κ1) is 13.0. The number of carbonyl (C=O) groups is 1. The largest absolute Gasteiger partial charge is 0.469 e. The predicted molar refractivity (Wildman–Crippen MR) is 54.5 cm³/mol. The smallest absolute Gasteiger partial charge is 0.313 e. The van der Waals surface area contributed by atoms with Crippen molar-refractivity contribution in [1.82, 2.24) is 0 Å². The van der Waals surface area contributed by atoms with Gasteiger partial charge in [-0.15, -0.1) is 12.3 Å². The Balaban J connectivity index is 4.15. The van der Waals surface area contributed by atoms with Crippen LogP contribution in [0.1, 0.15) is 33.1 Å². The van der Waals surface area contributed by atoms with Crippen molar-refractivity contribution >= 4 is 5.97 Å². The number of terminal acetylenes is 1. The van der Waals surface area contributed by atoms with E-state index in [1.165, 1.54) is 7.11 Å². The van der Waals surface area contributed by atoms with E-state index in [9.17, 15) is 9.90 Å². The summed E-state index contributed by atoms with van der Waals surface area (Å²) in [6, 6.07) is 0. The molecule has 3 nitrogen and oxygen atoms in total. The van der Waals surface area contributed by atoms with Gasteiger partial charge in [0.05, 0.1) is 18.6 Å². The van der Waals surface area contributed by atoms with Crippen molar-refractivity contribution in [3.05, 3.63) is 0 Å². The van der Waals surface area contributed by atoms with Crippen molar-refractivity contribution in [2.24, 2.45) is 5.41 Å². The number of hydrogen-bond donors (Lipinski definition) is 1. The molecule has 0 saturated heterocycles. The summed E-state index contributed by atoms with van der Waals surface area (Å²) in [7, 11) is 1.32. The number of esters is 1. The van der Waals surface area contributed by atoms with Crippen molar-refractivity contribution in [2.45, 2.75) is 39.2 Å². The molecule has 0 spiro atoms. The van der Waals surface area contributed by atoms with Gasteiger partial charge in [0, 0.05) is 6.42 Å². The molecular formula is C11H18O3. The van der Waals surface area contributed by atoms with Crippen molar-refractivity contribution in [2.75, 3.05) is 7.11 Å². The van der Waals surface area contributed by atoms with Crippen LogP contribution in [0, 0.1) is 17.8 Å². The highest BCUT2D eigenvalue weighted by Crippen LogP contribution is 2.25. The van der Waals surface area contributed by atoms with Gasteiger partial charge in [-0.1, -0.05) is 0 Å². The third-order valence-electron chi connectivity index (χ3n) is 2.34. The molecule has 0 saturated carbocycles. The molecule has 0 unspecified atom stereocenters. The fourth-order valence-corrected chi connectivity index (χ4v) is 1.16. The summed E-state index contributed by atoms with van der Waals surface area (Å²) in [5.74, 6) is 2.09. The second-order valence-corrected chi connectivity index (χ2v) is 3.83. The Kier molecular flexibility index (Phi) is 5.26. The molecule has 3 heteroatoms. The summed E-state index contributed by atoms with van der Waals surface area (Å²) in [5, 5.41) is 9.74. The molecule has 0 aliphatic rings. The van der Waals surface area contributed by atoms with Crippen molar-refractivity contribution in [3.8, 4) is 12.3 Å². The lowest BCUT2D eigenvalue weighted by atomic mass is 9.84. The van der Waals surface area contributed by atoms with Crippen LogP contribution in [-0.2, 0) is 9.53 Å². The average Bonchev–Trinajstić information content (AvgIpc) is 2.16. The molecule has 0 heterocycles. The van der Waals surface area contributed by atoms with Crippen LogP contribution < -0.4 is 0 Å². The topological polar surface area (TPSA) is 46.5 Å². The van der Waals surface area contributed by atoms with Gasteiger partial charge in [0.2, 0.25) is 0 Å². The Bertz CT molecular complexity index is 225. The van der Waals surface area contributed by atoms with Crippen molar-refractivity contribution in [3.63, 3.8) is 0 Å². The van der Waals surface area contributed by atoms with Gasteiger partial charge in [-0.2, -0.15) is 0 Å². The van der Waals surface area contributed by atoms with E-state index < -0.39 is 17.5 Å². The Labute approximate surface area is 85.5 Å². The van der Waals surface area contributed by atoms with Crippen LogP contribution in [0.5, 0.6) is 0 Å². The van der Waals surface area contributed by atoms with E-state index in [1.54, 1.807) is 13.8 Å². The summed E-state index contributed by atoms with van der Waals surface area (Å²) in [6.45, 7) is 3.33. The normalized spacial score (nSPS) is 13.1. The van der Waals surface area contributed by atoms with Gasteiger partial charge >= 0.3 is 5.97 Å². The predicted octanol–water partition coefficient (Wildman–Crippen LogP) is 1.35. The Morgan fingerprint density at radius 2 is 2.21 bits per heavy atom. The van der Waals surface area contributed by atoms with Crippen molar-refractivity contribution in [1.29, 1.82) is 0 Å². The van der Waals surface area contributed by atoms with Gasteiger partial charge in [-0.25, -0.2) is 0 Å². The maximum atomic E-state index is 11.3. The zero-order valence-corrected chi connectivity index (χ0v) is 9.04. The number of methoxy groups -OCH3 is 1. The highest BCUT2D eigenvalue weighted by atomic mass is 16.5. The van der Waals surface area contributed by atoms with Crippen LogP contribution in [0.25, 0.3) is 0 Å². The minimum atomic E-state index is -0.858. The summed E-state index contributed by atoms with van der Waals surface area (Å²) < 4.78 is 4.60. The molecule has 0 aromatic rings. The molecule has 1 N–H and O–H groups in total. The lowest BCUT2D eigenvalue weighted by Gasteiger charge is -2.27. The van der Waals surface area contributed by atoms with Crippen LogP contribution in [0.2, 0.25) is 0 Å². The average molecular weight is 198 g/mol. The molecule has 80 valence electrons. The van der Waals surface area contributed by atoms with Crippen LogP contribution >= 0.6 is 0 Å². The fourth-order valence-electron chi connectivity index (χ4n) is 1.16. The molecule has 0 aliphatic heterocycles. The van der Waals surface area contributed by atoms with Gasteiger partial charge < -0.3 is 9.84 Å². The van der Waals surface area contributed by atoms with Crippen LogP contribution in [0.15, 0.2) is 0 Å². The van der Waals surface area contributed by atoms with Crippen molar-refractivity contribution < 1.29 is 14.6 Å². The maximum Gasteiger partial charge on any atom is 0.313 e. The zero-order valence-electron chi connectivity index (χ0n) is 9.04. The van der Waals surface area contributed by atoms with Gasteiger partial charge in [0.1, 0.15) is 0 Å². The number of ether oxygens (including phenoxy) is 1. The monoisotopic (exact) mass is 198 g/mol. The standard InChI is InChI=1S/C11H18O3/c1-5-6-7-8-9(12)11(2,3)10(13)14-4/h1,9,12H,6-8H2,2-4H3/t9-/m0/s1. The minimum Gasteiger partial charge on any atom is -0.469 e. The molecule has 0 aliphatic carbocycles. The van der Waals surface area contributed by atoms with E-state index in [1.807, 2.05) is 0 Å². The van der Waals surface area contributed by atoms with E-state index in [4.69, 9.17) is 6.42 Å². The Hall–Kier alpha value is -1.01. The van der Waals surface area contributed by atoms with Gasteiger partial charge in [-0.05, 0) is 26.7 Å². The highest BCUT2D eigenvalue weighted by molar-refractivity contribution is 5.76. The Morgan fingerprint density at radius 3 is 2.64 bits per heavy atom. The molecule has 1 atom stereocenters. The van der Waals surface area contributed by atoms with Gasteiger partial charge in [-0.3, -0.25) is 4.79 Å². The maximum absolute atomic E-state index is 11.3. The van der Waals surface area contributed by atoms with E-state index in [0.717, 1.165) is 6.42 Å². The molecule has 0 aromatic carbocycles. The molecule has 0 aromatic heterocycles.